The monoisotopic (exact) mass is 326 g/mol. The molecule has 1 aromatic carbocycles. The SMILES string of the molecule is CN1CCN(C(=O)c2cc(S(=O)(=O)N(C)C)ccc2N)CC1. The molecule has 1 aliphatic rings. The lowest BCUT2D eigenvalue weighted by Gasteiger charge is -2.32. The number of rotatable bonds is 3. The molecule has 1 aromatic rings. The molecule has 7 nitrogen and oxygen atoms in total. The van der Waals surface area contributed by atoms with Crippen molar-refractivity contribution in [2.24, 2.45) is 0 Å². The lowest BCUT2D eigenvalue weighted by molar-refractivity contribution is 0.0665. The average molecular weight is 326 g/mol. The zero-order valence-electron chi connectivity index (χ0n) is 13.1. The van der Waals surface area contributed by atoms with E-state index in [-0.39, 0.29) is 16.4 Å². The van der Waals surface area contributed by atoms with Gasteiger partial charge in [0.25, 0.3) is 5.91 Å². The van der Waals surface area contributed by atoms with Crippen LogP contribution in [0.4, 0.5) is 5.69 Å². The zero-order chi connectivity index (χ0) is 16.5. The minimum absolute atomic E-state index is 0.0733. The summed E-state index contributed by atoms with van der Waals surface area (Å²) in [5.41, 5.74) is 6.41. The first-order chi connectivity index (χ1) is 10.2. The largest absolute Gasteiger partial charge is 0.398 e. The van der Waals surface area contributed by atoms with Crippen LogP contribution in [0.3, 0.4) is 0 Å². The Morgan fingerprint density at radius 2 is 1.77 bits per heavy atom. The number of nitrogens with zero attached hydrogens (tertiary/aromatic N) is 3. The number of carbonyl (C=O) groups is 1. The molecule has 2 rings (SSSR count). The second-order valence-corrected chi connectivity index (χ2v) is 7.78. The van der Waals surface area contributed by atoms with Gasteiger partial charge in [0, 0.05) is 46.0 Å². The molecule has 8 heteroatoms. The first kappa shape index (κ1) is 16.7. The van der Waals surface area contributed by atoms with Crippen molar-refractivity contribution in [1.29, 1.82) is 0 Å². The number of nitrogen functional groups attached to an aromatic ring is 1. The van der Waals surface area contributed by atoms with E-state index in [0.717, 1.165) is 17.4 Å². The molecule has 1 amide bonds. The van der Waals surface area contributed by atoms with Crippen molar-refractivity contribution in [1.82, 2.24) is 14.1 Å². The second kappa shape index (κ2) is 6.23. The minimum Gasteiger partial charge on any atom is -0.398 e. The molecule has 0 spiro atoms. The molecule has 0 bridgehead atoms. The molecule has 122 valence electrons. The van der Waals surface area contributed by atoms with E-state index in [4.69, 9.17) is 5.73 Å². The van der Waals surface area contributed by atoms with Gasteiger partial charge in [-0.1, -0.05) is 0 Å². The lowest BCUT2D eigenvalue weighted by atomic mass is 10.1. The number of piperazine rings is 1. The highest BCUT2D eigenvalue weighted by Crippen LogP contribution is 2.22. The van der Waals surface area contributed by atoms with Crippen LogP contribution in [-0.2, 0) is 10.0 Å². The lowest BCUT2D eigenvalue weighted by Crippen LogP contribution is -2.47. The van der Waals surface area contributed by atoms with Crippen molar-refractivity contribution in [2.75, 3.05) is 53.1 Å². The van der Waals surface area contributed by atoms with Crippen LogP contribution >= 0.6 is 0 Å². The van der Waals surface area contributed by atoms with Crippen molar-refractivity contribution < 1.29 is 13.2 Å². The predicted molar refractivity (Wildman–Crippen MR) is 85.1 cm³/mol. The Morgan fingerprint density at radius 3 is 2.32 bits per heavy atom. The Bertz CT molecular complexity index is 665. The molecule has 2 N–H and O–H groups in total. The summed E-state index contributed by atoms with van der Waals surface area (Å²) in [5.74, 6) is -0.221. The Kier molecular flexibility index (Phi) is 4.74. The molecule has 1 fully saturated rings. The quantitative estimate of drug-likeness (QED) is 0.784. The van der Waals surface area contributed by atoms with E-state index in [1.165, 1.54) is 32.3 Å². The summed E-state index contributed by atoms with van der Waals surface area (Å²) >= 11 is 0. The number of likely N-dealkylation sites (N-methyl/N-ethyl adjacent to an activating group) is 1. The third-order valence-corrected chi connectivity index (χ3v) is 5.64. The van der Waals surface area contributed by atoms with Gasteiger partial charge in [0.2, 0.25) is 10.0 Å². The first-order valence-electron chi connectivity index (χ1n) is 7.03. The van der Waals surface area contributed by atoms with Crippen LogP contribution in [0.15, 0.2) is 23.1 Å². The molecule has 0 saturated carbocycles. The predicted octanol–water partition coefficient (Wildman–Crippen LogP) is -0.0933. The minimum atomic E-state index is -3.59. The van der Waals surface area contributed by atoms with Crippen molar-refractivity contribution in [3.05, 3.63) is 23.8 Å². The van der Waals surface area contributed by atoms with Crippen LogP contribution in [0, 0.1) is 0 Å². The molecule has 0 radical (unpaired) electrons. The number of carbonyl (C=O) groups excluding carboxylic acids is 1. The molecule has 22 heavy (non-hydrogen) atoms. The van der Waals surface area contributed by atoms with Crippen LogP contribution in [0.1, 0.15) is 10.4 Å². The van der Waals surface area contributed by atoms with Gasteiger partial charge in [-0.3, -0.25) is 4.79 Å². The summed E-state index contributed by atoms with van der Waals surface area (Å²) in [6.45, 7) is 2.81. The van der Waals surface area contributed by atoms with Gasteiger partial charge in [0.15, 0.2) is 0 Å². The number of hydrogen-bond acceptors (Lipinski definition) is 5. The molecule has 1 aliphatic heterocycles. The van der Waals surface area contributed by atoms with Crippen molar-refractivity contribution in [2.45, 2.75) is 4.90 Å². The Balaban J connectivity index is 2.33. The molecule has 0 aliphatic carbocycles. The third kappa shape index (κ3) is 3.23. The van der Waals surface area contributed by atoms with Gasteiger partial charge in [-0.15, -0.1) is 0 Å². The summed E-state index contributed by atoms with van der Waals surface area (Å²) in [6, 6.07) is 4.26. The summed E-state index contributed by atoms with van der Waals surface area (Å²) in [4.78, 5) is 16.5. The van der Waals surface area contributed by atoms with Gasteiger partial charge in [-0.05, 0) is 25.2 Å². The van der Waals surface area contributed by atoms with Crippen LogP contribution in [0.5, 0.6) is 0 Å². The van der Waals surface area contributed by atoms with Crippen LogP contribution in [0.25, 0.3) is 0 Å². The average Bonchev–Trinajstić information content (AvgIpc) is 2.47. The van der Waals surface area contributed by atoms with Gasteiger partial charge in [0.05, 0.1) is 10.5 Å². The summed E-state index contributed by atoms with van der Waals surface area (Å²) in [7, 11) is 1.31. The van der Waals surface area contributed by atoms with E-state index in [1.54, 1.807) is 4.90 Å². The Labute approximate surface area is 131 Å². The van der Waals surface area contributed by atoms with Crippen LogP contribution in [0.2, 0.25) is 0 Å². The van der Waals surface area contributed by atoms with Gasteiger partial charge >= 0.3 is 0 Å². The maximum absolute atomic E-state index is 12.6. The van der Waals surface area contributed by atoms with Crippen molar-refractivity contribution in [3.8, 4) is 0 Å². The van der Waals surface area contributed by atoms with E-state index in [0.29, 0.717) is 18.8 Å². The topological polar surface area (TPSA) is 87.0 Å². The number of benzene rings is 1. The van der Waals surface area contributed by atoms with Gasteiger partial charge < -0.3 is 15.5 Å². The molecule has 0 aromatic heterocycles. The number of amides is 1. The smallest absolute Gasteiger partial charge is 0.256 e. The van der Waals surface area contributed by atoms with Crippen LogP contribution < -0.4 is 5.73 Å². The number of nitrogens with two attached hydrogens (primary N) is 1. The summed E-state index contributed by atoms with van der Waals surface area (Å²) < 4.78 is 25.5. The normalized spacial score (nSPS) is 17.0. The van der Waals surface area contributed by atoms with E-state index in [1.807, 2.05) is 7.05 Å². The molecule has 0 atom stereocenters. The van der Waals surface area contributed by atoms with E-state index in [9.17, 15) is 13.2 Å². The molecular formula is C14H22N4O3S. The van der Waals surface area contributed by atoms with Gasteiger partial charge in [0.1, 0.15) is 0 Å². The maximum atomic E-state index is 12.6. The van der Waals surface area contributed by atoms with Crippen molar-refractivity contribution >= 4 is 21.6 Å². The number of sulfonamides is 1. The fraction of sp³-hybridized carbons (Fsp3) is 0.500. The highest BCUT2D eigenvalue weighted by molar-refractivity contribution is 7.89. The Hall–Kier alpha value is -1.64. The second-order valence-electron chi connectivity index (χ2n) is 5.63. The number of hydrogen-bond donors (Lipinski definition) is 1. The molecule has 1 heterocycles. The highest BCUT2D eigenvalue weighted by atomic mass is 32.2. The molecule has 1 saturated heterocycles. The highest BCUT2D eigenvalue weighted by Gasteiger charge is 2.25. The number of anilines is 1. The zero-order valence-corrected chi connectivity index (χ0v) is 13.9. The molecular weight excluding hydrogens is 304 g/mol. The Morgan fingerprint density at radius 1 is 1.18 bits per heavy atom. The van der Waals surface area contributed by atoms with E-state index in [2.05, 4.69) is 4.90 Å². The fourth-order valence-corrected chi connectivity index (χ4v) is 3.20. The van der Waals surface area contributed by atoms with Crippen molar-refractivity contribution in [3.63, 3.8) is 0 Å². The third-order valence-electron chi connectivity index (χ3n) is 3.82. The first-order valence-corrected chi connectivity index (χ1v) is 8.47. The summed E-state index contributed by atoms with van der Waals surface area (Å²) in [6.07, 6.45) is 0. The van der Waals surface area contributed by atoms with Gasteiger partial charge in [-0.25, -0.2) is 12.7 Å². The fourth-order valence-electron chi connectivity index (χ4n) is 2.27. The van der Waals surface area contributed by atoms with E-state index < -0.39 is 10.0 Å². The maximum Gasteiger partial charge on any atom is 0.256 e. The molecule has 0 unspecified atom stereocenters. The van der Waals surface area contributed by atoms with Gasteiger partial charge in [-0.2, -0.15) is 0 Å². The standard InChI is InChI=1S/C14H22N4O3S/c1-16(2)22(20,21)11-4-5-13(15)12(10-11)14(19)18-8-6-17(3)7-9-18/h4-5,10H,6-9,15H2,1-3H3. The van der Waals surface area contributed by atoms with Crippen LogP contribution in [-0.4, -0.2) is 75.8 Å². The van der Waals surface area contributed by atoms with E-state index >= 15 is 0 Å². The summed E-state index contributed by atoms with van der Waals surface area (Å²) in [5, 5.41) is 0.